The van der Waals surface area contributed by atoms with Crippen LogP contribution >= 0.6 is 23.1 Å². The van der Waals surface area contributed by atoms with Crippen molar-refractivity contribution in [1.29, 1.82) is 0 Å². The van der Waals surface area contributed by atoms with Crippen LogP contribution in [0.25, 0.3) is 10.2 Å². The monoisotopic (exact) mass is 472 g/mol. The number of hydrogen-bond acceptors (Lipinski definition) is 7. The van der Waals surface area contributed by atoms with Crippen molar-refractivity contribution < 1.29 is 23.8 Å². The molecule has 1 aliphatic heterocycles. The van der Waals surface area contributed by atoms with Crippen molar-refractivity contribution in [2.45, 2.75) is 31.2 Å². The smallest absolute Gasteiger partial charge is 0.326 e. The minimum atomic E-state index is -0.379. The van der Waals surface area contributed by atoms with Crippen molar-refractivity contribution >= 4 is 45.2 Å². The fourth-order valence-electron chi connectivity index (χ4n) is 3.27. The van der Waals surface area contributed by atoms with Crippen LogP contribution < -0.4 is 14.3 Å². The van der Waals surface area contributed by atoms with Gasteiger partial charge in [-0.05, 0) is 31.2 Å². The molecule has 32 heavy (non-hydrogen) atoms. The second-order valence-corrected chi connectivity index (χ2v) is 9.19. The predicted octanol–water partition coefficient (Wildman–Crippen LogP) is 4.04. The van der Waals surface area contributed by atoms with Gasteiger partial charge in [-0.1, -0.05) is 29.5 Å². The number of hydrogen-bond donors (Lipinski definition) is 0. The molecule has 0 spiro atoms. The van der Waals surface area contributed by atoms with E-state index in [1.165, 1.54) is 16.2 Å². The molecule has 9 heteroatoms. The first-order valence-electron chi connectivity index (χ1n) is 10.5. The van der Waals surface area contributed by atoms with Gasteiger partial charge in [0.15, 0.2) is 16.3 Å². The Balaban J connectivity index is 1.54. The van der Waals surface area contributed by atoms with E-state index < -0.39 is 0 Å². The van der Waals surface area contributed by atoms with E-state index in [0.717, 1.165) is 22.4 Å². The Morgan fingerprint density at radius 1 is 1.16 bits per heavy atom. The van der Waals surface area contributed by atoms with E-state index in [1.807, 2.05) is 30.3 Å². The number of fused-ring (bicyclic) bond motifs is 2. The maximum absolute atomic E-state index is 12.6. The molecule has 0 bridgehead atoms. The summed E-state index contributed by atoms with van der Waals surface area (Å²) in [5.41, 5.74) is 0.762. The topological polar surface area (TPSA) is 79.1 Å². The summed E-state index contributed by atoms with van der Waals surface area (Å²) in [6.07, 6.45) is 1.07. The predicted molar refractivity (Wildman–Crippen MR) is 124 cm³/mol. The first kappa shape index (κ1) is 22.4. The van der Waals surface area contributed by atoms with Gasteiger partial charge in [0.1, 0.15) is 19.8 Å². The number of thioether (sulfide) groups is 1. The van der Waals surface area contributed by atoms with Crippen LogP contribution in [0.15, 0.2) is 52.4 Å². The molecular formula is C23H24N2O5S2. The van der Waals surface area contributed by atoms with Crippen molar-refractivity contribution in [3.8, 4) is 11.5 Å². The summed E-state index contributed by atoms with van der Waals surface area (Å²) in [6.45, 7) is 2.99. The van der Waals surface area contributed by atoms with Crippen molar-refractivity contribution in [2.24, 2.45) is 4.99 Å². The first-order valence-corrected chi connectivity index (χ1v) is 12.3. The largest absolute Gasteiger partial charge is 0.486 e. The zero-order valence-corrected chi connectivity index (χ0v) is 19.4. The number of ether oxygens (including phenoxy) is 3. The summed E-state index contributed by atoms with van der Waals surface area (Å²) in [5.74, 6) is 1.52. The van der Waals surface area contributed by atoms with Gasteiger partial charge in [-0.15, -0.1) is 11.8 Å². The van der Waals surface area contributed by atoms with Gasteiger partial charge in [0.05, 0.1) is 16.8 Å². The lowest BCUT2D eigenvalue weighted by molar-refractivity contribution is -0.143. The molecule has 2 aromatic carbocycles. The summed E-state index contributed by atoms with van der Waals surface area (Å²) in [4.78, 5) is 30.8. The number of thiazole rings is 1. The minimum absolute atomic E-state index is 0.0243. The highest BCUT2D eigenvalue weighted by atomic mass is 32.2. The molecule has 7 nitrogen and oxygen atoms in total. The van der Waals surface area contributed by atoms with Gasteiger partial charge in [0.25, 0.3) is 0 Å². The molecule has 0 fully saturated rings. The lowest BCUT2D eigenvalue weighted by Gasteiger charge is -2.18. The Morgan fingerprint density at radius 3 is 2.66 bits per heavy atom. The molecule has 0 saturated heterocycles. The van der Waals surface area contributed by atoms with E-state index in [4.69, 9.17) is 14.2 Å². The van der Waals surface area contributed by atoms with Crippen LogP contribution in [0.3, 0.4) is 0 Å². The number of aromatic nitrogens is 1. The number of esters is 1. The molecule has 0 atom stereocenters. The summed E-state index contributed by atoms with van der Waals surface area (Å²) >= 11 is 3.07. The third-order valence-corrected chi connectivity index (χ3v) is 6.85. The molecule has 0 saturated carbocycles. The van der Waals surface area contributed by atoms with Crippen LogP contribution in [0.4, 0.5) is 0 Å². The molecule has 0 unspecified atom stereocenters. The second kappa shape index (κ2) is 10.7. The lowest BCUT2D eigenvalue weighted by Crippen LogP contribution is -2.23. The van der Waals surface area contributed by atoms with E-state index in [1.54, 1.807) is 23.3 Å². The minimum Gasteiger partial charge on any atom is -0.486 e. The fourth-order valence-corrected chi connectivity index (χ4v) is 5.20. The highest BCUT2D eigenvalue weighted by Gasteiger charge is 2.18. The molecule has 0 aliphatic carbocycles. The van der Waals surface area contributed by atoms with Crippen molar-refractivity contribution in [3.63, 3.8) is 0 Å². The van der Waals surface area contributed by atoms with Crippen LogP contribution in [0.1, 0.15) is 19.8 Å². The highest BCUT2D eigenvalue weighted by molar-refractivity contribution is 7.99. The molecule has 2 heterocycles. The van der Waals surface area contributed by atoms with E-state index in [-0.39, 0.29) is 25.0 Å². The van der Waals surface area contributed by atoms with Gasteiger partial charge >= 0.3 is 5.97 Å². The average Bonchev–Trinajstić information content (AvgIpc) is 3.11. The Hall–Kier alpha value is -2.78. The van der Waals surface area contributed by atoms with Crippen LogP contribution in [0.2, 0.25) is 0 Å². The molecule has 168 valence electrons. The fraction of sp³-hybridized carbons (Fsp3) is 0.348. The maximum atomic E-state index is 12.6. The summed E-state index contributed by atoms with van der Waals surface area (Å²) in [5, 5.41) is 0. The van der Waals surface area contributed by atoms with Gasteiger partial charge in [0.2, 0.25) is 5.91 Å². The lowest BCUT2D eigenvalue weighted by atomic mass is 10.2. The van der Waals surface area contributed by atoms with Gasteiger partial charge < -0.3 is 18.8 Å². The standard InChI is InChI=1S/C23H24N2O5S2/c1-2-28-22(27)15-25-17-13-18-19(30-11-10-29-18)14-20(17)32-23(25)24-21(26)9-6-12-31-16-7-4-3-5-8-16/h3-5,7-8,13-14H,2,6,9-12,15H2,1H3. The quantitative estimate of drug-likeness (QED) is 0.280. The van der Waals surface area contributed by atoms with Crippen LogP contribution in [0.5, 0.6) is 11.5 Å². The second-order valence-electron chi connectivity index (χ2n) is 7.01. The zero-order chi connectivity index (χ0) is 22.3. The number of carbonyl (C=O) groups excluding carboxylic acids is 2. The van der Waals surface area contributed by atoms with Crippen molar-refractivity contribution in [2.75, 3.05) is 25.6 Å². The summed E-state index contributed by atoms with van der Waals surface area (Å²) in [7, 11) is 0. The van der Waals surface area contributed by atoms with E-state index in [0.29, 0.717) is 35.9 Å². The molecule has 1 aromatic heterocycles. The maximum Gasteiger partial charge on any atom is 0.326 e. The van der Waals surface area contributed by atoms with E-state index in [9.17, 15) is 9.59 Å². The Labute approximate surface area is 194 Å². The molecule has 0 N–H and O–H groups in total. The Kier molecular flexibility index (Phi) is 7.49. The van der Waals surface area contributed by atoms with Gasteiger partial charge in [-0.2, -0.15) is 4.99 Å². The van der Waals surface area contributed by atoms with Crippen LogP contribution in [0, 0.1) is 0 Å². The molecule has 0 radical (unpaired) electrons. The summed E-state index contributed by atoms with van der Waals surface area (Å²) < 4.78 is 19.0. The van der Waals surface area contributed by atoms with Gasteiger partial charge in [0, 0.05) is 23.4 Å². The SMILES string of the molecule is CCOC(=O)Cn1c(=NC(=O)CCCSc2ccccc2)sc2cc3c(cc21)OCCO3. The van der Waals surface area contributed by atoms with Crippen LogP contribution in [-0.4, -0.2) is 42.0 Å². The highest BCUT2D eigenvalue weighted by Crippen LogP contribution is 2.35. The normalized spacial score (nSPS) is 13.3. The number of rotatable bonds is 8. The van der Waals surface area contributed by atoms with Gasteiger partial charge in [-0.3, -0.25) is 9.59 Å². The van der Waals surface area contributed by atoms with E-state index in [2.05, 4.69) is 17.1 Å². The zero-order valence-electron chi connectivity index (χ0n) is 17.7. The Bertz CT molecular complexity index is 1170. The third kappa shape index (κ3) is 5.52. The average molecular weight is 473 g/mol. The van der Waals surface area contributed by atoms with Gasteiger partial charge in [-0.25, -0.2) is 0 Å². The molecule has 3 aromatic rings. The van der Waals surface area contributed by atoms with E-state index >= 15 is 0 Å². The molecular weight excluding hydrogens is 448 g/mol. The van der Waals surface area contributed by atoms with Crippen molar-refractivity contribution in [3.05, 3.63) is 47.3 Å². The first-order chi connectivity index (χ1) is 15.6. The number of amides is 1. The van der Waals surface area contributed by atoms with Crippen LogP contribution in [-0.2, 0) is 20.9 Å². The number of nitrogens with zero attached hydrogens (tertiary/aromatic N) is 2. The summed E-state index contributed by atoms with van der Waals surface area (Å²) in [6, 6.07) is 13.8. The molecule has 4 rings (SSSR count). The molecule has 1 amide bonds. The number of carbonyl (C=O) groups is 2. The molecule has 1 aliphatic rings. The Morgan fingerprint density at radius 2 is 1.91 bits per heavy atom. The number of benzene rings is 2. The van der Waals surface area contributed by atoms with Crippen molar-refractivity contribution in [1.82, 2.24) is 4.57 Å². The third-order valence-electron chi connectivity index (χ3n) is 4.71.